The largest absolute Gasteiger partial charge is 0.490 e. The number of benzene rings is 1. The van der Waals surface area contributed by atoms with E-state index in [4.69, 9.17) is 28.1 Å². The molecule has 1 saturated heterocycles. The lowest BCUT2D eigenvalue weighted by atomic mass is 9.70. The van der Waals surface area contributed by atoms with Crippen LogP contribution >= 0.6 is 0 Å². The number of anilines is 1. The van der Waals surface area contributed by atoms with Gasteiger partial charge in [0.1, 0.15) is 11.5 Å². The predicted octanol–water partition coefficient (Wildman–Crippen LogP) is -2.03. The summed E-state index contributed by atoms with van der Waals surface area (Å²) in [5.74, 6) is -0.210. The lowest BCUT2D eigenvalue weighted by Gasteiger charge is -2.44. The van der Waals surface area contributed by atoms with Crippen molar-refractivity contribution in [1.82, 2.24) is 0 Å². The highest BCUT2D eigenvalue weighted by Crippen LogP contribution is 2.49. The Morgan fingerprint density at radius 1 is 1.27 bits per heavy atom. The van der Waals surface area contributed by atoms with Crippen molar-refractivity contribution in [3.63, 3.8) is 0 Å². The van der Waals surface area contributed by atoms with Crippen LogP contribution in [-0.4, -0.2) is 33.3 Å². The number of rotatable bonds is 4. The van der Waals surface area contributed by atoms with Crippen LogP contribution in [0.3, 0.4) is 0 Å². The Hall–Kier alpha value is -2.21. The molecule has 2 N–H and O–H groups in total. The van der Waals surface area contributed by atoms with Crippen molar-refractivity contribution in [3.8, 4) is 0 Å². The molecule has 0 radical (unpaired) electrons. The standard InChI is InChI=1S/C22H27FN2O3.ClHO4/c1-4-22(13-18(27-2)21(26)28-3)9-5-10-25-11-8-15-16-12-14(23)6-7-17(16)24-19(15)20(22)25;2-1(3,4)5/h6-7,12-13,15,24H,4-5,8-11H2,1-3H3;(H,2,3,4,5). The molecule has 0 spiro atoms. The van der Waals surface area contributed by atoms with E-state index >= 15 is 0 Å². The number of fused-ring (bicyclic) bond motifs is 4. The fourth-order valence-electron chi connectivity index (χ4n) is 5.26. The number of methoxy groups -OCH3 is 2. The minimum Gasteiger partial charge on any atom is -0.490 e. The number of carbonyl (C=O) groups excluding carboxylic acids is 1. The summed E-state index contributed by atoms with van der Waals surface area (Å²) < 4.78 is 58.2. The van der Waals surface area contributed by atoms with Gasteiger partial charge in [-0.1, -0.05) is 6.92 Å². The van der Waals surface area contributed by atoms with Crippen molar-refractivity contribution in [1.29, 1.82) is 0 Å². The summed E-state index contributed by atoms with van der Waals surface area (Å²) in [6.07, 6.45) is 5.86. The van der Waals surface area contributed by atoms with E-state index in [2.05, 4.69) is 12.2 Å². The molecule has 11 heteroatoms. The highest BCUT2D eigenvalue weighted by atomic mass is 35.7. The van der Waals surface area contributed by atoms with Gasteiger partial charge in [-0.05, 0) is 49.1 Å². The maximum atomic E-state index is 13.9. The van der Waals surface area contributed by atoms with Gasteiger partial charge in [0.2, 0.25) is 5.76 Å². The SMILES string of the molecule is CCC1(C=C(OC)C(=O)OC)CCC[NH+]2CCC3C(=C21)Nc1ccc(F)cc13.[O-][Cl+3]([O-])([O-])[O-]. The van der Waals surface area contributed by atoms with Gasteiger partial charge in [-0.3, -0.25) is 0 Å². The molecule has 1 aromatic rings. The van der Waals surface area contributed by atoms with Crippen LogP contribution < -0.4 is 28.9 Å². The fraction of sp³-hybridized carbons (Fsp3) is 0.500. The van der Waals surface area contributed by atoms with Gasteiger partial charge >= 0.3 is 5.97 Å². The molecule has 9 nitrogen and oxygen atoms in total. The van der Waals surface area contributed by atoms with E-state index in [1.807, 2.05) is 12.1 Å². The van der Waals surface area contributed by atoms with Gasteiger partial charge in [0, 0.05) is 18.0 Å². The van der Waals surface area contributed by atoms with Crippen LogP contribution in [0.1, 0.15) is 44.1 Å². The first-order valence-corrected chi connectivity index (χ1v) is 11.9. The van der Waals surface area contributed by atoms with Gasteiger partial charge in [0.05, 0.1) is 38.4 Å². The second-order valence-corrected chi connectivity index (χ2v) is 9.04. The zero-order chi connectivity index (χ0) is 24.4. The van der Waals surface area contributed by atoms with Gasteiger partial charge in [0.25, 0.3) is 0 Å². The predicted molar refractivity (Wildman–Crippen MR) is 104 cm³/mol. The van der Waals surface area contributed by atoms with Crippen molar-refractivity contribution >= 4 is 11.7 Å². The quantitative estimate of drug-likeness (QED) is 0.282. The molecular weight excluding hydrogens is 459 g/mol. The lowest BCUT2D eigenvalue weighted by molar-refractivity contribution is -2.00. The molecule has 3 atom stereocenters. The van der Waals surface area contributed by atoms with E-state index in [0.717, 1.165) is 50.0 Å². The van der Waals surface area contributed by atoms with Crippen LogP contribution in [-0.2, 0) is 14.3 Å². The molecule has 3 aliphatic heterocycles. The van der Waals surface area contributed by atoms with Gasteiger partial charge in [-0.15, -0.1) is 10.2 Å². The number of hydrogen-bond donors (Lipinski definition) is 2. The molecule has 0 aromatic heterocycles. The summed E-state index contributed by atoms with van der Waals surface area (Å²) in [7, 11) is -2.07. The maximum Gasteiger partial charge on any atom is 0.372 e. The minimum absolute atomic E-state index is 0.186. The van der Waals surface area contributed by atoms with E-state index in [1.165, 1.54) is 36.6 Å². The number of esters is 1. The van der Waals surface area contributed by atoms with Gasteiger partial charge in [0.15, 0.2) is 0 Å². The first-order chi connectivity index (χ1) is 15.5. The summed E-state index contributed by atoms with van der Waals surface area (Å²) in [4.78, 5) is 13.6. The van der Waals surface area contributed by atoms with Crippen LogP contribution in [0.15, 0.2) is 41.4 Å². The Labute approximate surface area is 193 Å². The molecular formula is C22H28ClFN2O7. The molecule has 3 aliphatic rings. The number of piperidine rings is 1. The maximum absolute atomic E-state index is 13.9. The Morgan fingerprint density at radius 2 is 1.97 bits per heavy atom. The van der Waals surface area contributed by atoms with Crippen LogP contribution in [0.5, 0.6) is 0 Å². The molecule has 3 unspecified atom stereocenters. The first kappa shape index (κ1) is 25.4. The summed E-state index contributed by atoms with van der Waals surface area (Å²) in [5, 5.41) is 3.59. The second-order valence-electron chi connectivity index (χ2n) is 8.29. The fourth-order valence-corrected chi connectivity index (χ4v) is 5.26. The molecule has 4 rings (SSSR count). The molecule has 1 fully saturated rings. The van der Waals surface area contributed by atoms with Crippen LogP contribution in [0, 0.1) is 21.5 Å². The Balaban J connectivity index is 0.000000555. The van der Waals surface area contributed by atoms with Crippen molar-refractivity contribution in [2.45, 2.75) is 38.5 Å². The van der Waals surface area contributed by atoms with Gasteiger partial charge < -0.3 is 19.7 Å². The third-order valence-corrected chi connectivity index (χ3v) is 6.61. The number of nitrogens with one attached hydrogen (secondary N) is 2. The van der Waals surface area contributed by atoms with Crippen molar-refractivity contribution in [2.75, 3.05) is 32.6 Å². The summed E-state index contributed by atoms with van der Waals surface area (Å²) >= 11 is 0. The van der Waals surface area contributed by atoms with Gasteiger partial charge in [-0.2, -0.15) is 0 Å². The molecule has 3 heterocycles. The van der Waals surface area contributed by atoms with Crippen molar-refractivity contribution in [3.05, 3.63) is 52.8 Å². The van der Waals surface area contributed by atoms with Crippen LogP contribution in [0.4, 0.5) is 10.1 Å². The van der Waals surface area contributed by atoms with E-state index < -0.39 is 16.2 Å². The average Bonchev–Trinajstić information content (AvgIpc) is 3.13. The third-order valence-electron chi connectivity index (χ3n) is 6.61. The number of allylic oxidation sites excluding steroid dienone is 2. The first-order valence-electron chi connectivity index (χ1n) is 10.7. The molecule has 0 bridgehead atoms. The molecule has 33 heavy (non-hydrogen) atoms. The molecule has 0 saturated carbocycles. The van der Waals surface area contributed by atoms with Crippen LogP contribution in [0.25, 0.3) is 0 Å². The van der Waals surface area contributed by atoms with E-state index in [1.54, 1.807) is 6.07 Å². The van der Waals surface area contributed by atoms with Crippen LogP contribution in [0.2, 0.25) is 0 Å². The normalized spacial score (nSPS) is 26.2. The number of quaternary nitrogens is 1. The van der Waals surface area contributed by atoms with E-state index in [0.29, 0.717) is 0 Å². The highest BCUT2D eigenvalue weighted by molar-refractivity contribution is 5.86. The van der Waals surface area contributed by atoms with Crippen molar-refractivity contribution < 1.29 is 52.4 Å². The average molecular weight is 487 g/mol. The number of halogens is 2. The smallest absolute Gasteiger partial charge is 0.372 e. The molecule has 1 aromatic carbocycles. The van der Waals surface area contributed by atoms with E-state index in [9.17, 15) is 9.18 Å². The Kier molecular flexibility index (Phi) is 7.67. The third kappa shape index (κ3) is 5.48. The molecule has 0 amide bonds. The zero-order valence-corrected chi connectivity index (χ0v) is 19.5. The Morgan fingerprint density at radius 3 is 2.58 bits per heavy atom. The number of hydrogen-bond acceptors (Lipinski definition) is 8. The highest BCUT2D eigenvalue weighted by Gasteiger charge is 2.49. The molecule has 182 valence electrons. The Bertz CT molecular complexity index is 957. The van der Waals surface area contributed by atoms with Gasteiger partial charge in [-0.25, -0.2) is 27.8 Å². The number of ether oxygens (including phenoxy) is 2. The van der Waals surface area contributed by atoms with E-state index in [-0.39, 0.29) is 22.9 Å². The summed E-state index contributed by atoms with van der Waals surface area (Å²) in [6.45, 7) is 4.24. The zero-order valence-electron chi connectivity index (χ0n) is 18.7. The minimum atomic E-state index is -4.94. The monoisotopic (exact) mass is 486 g/mol. The van der Waals surface area contributed by atoms with Crippen molar-refractivity contribution in [2.24, 2.45) is 5.41 Å². The topological polar surface area (TPSA) is 144 Å². The number of carbonyl (C=O) groups is 1. The summed E-state index contributed by atoms with van der Waals surface area (Å²) in [6, 6.07) is 5.00. The molecule has 0 aliphatic carbocycles. The summed E-state index contributed by atoms with van der Waals surface area (Å²) in [5.41, 5.74) is 4.23. The second kappa shape index (κ2) is 9.96. The lowest BCUT2D eigenvalue weighted by Crippen LogP contribution is -3.13.